The molecule has 2 aromatic heterocycles. The number of aliphatic hydroxyl groups is 1. The molecule has 0 fully saturated rings. The van der Waals surface area contributed by atoms with E-state index in [-0.39, 0.29) is 6.04 Å². The fraction of sp³-hybridized carbons (Fsp3) is 0.538. The van der Waals surface area contributed by atoms with Crippen molar-refractivity contribution in [3.05, 3.63) is 34.0 Å². The Kier molecular flexibility index (Phi) is 4.03. The van der Waals surface area contributed by atoms with E-state index in [4.69, 9.17) is 0 Å². The molecular weight excluding hydrogens is 260 g/mol. The lowest BCUT2D eigenvalue weighted by atomic mass is 9.99. The highest BCUT2D eigenvalue weighted by atomic mass is 32.1. The van der Waals surface area contributed by atoms with Crippen molar-refractivity contribution in [3.63, 3.8) is 0 Å². The van der Waals surface area contributed by atoms with Gasteiger partial charge in [-0.1, -0.05) is 0 Å². The number of rotatable bonds is 5. The van der Waals surface area contributed by atoms with Crippen LogP contribution in [-0.4, -0.2) is 26.4 Å². The van der Waals surface area contributed by atoms with Gasteiger partial charge in [-0.2, -0.15) is 5.10 Å². The molecule has 2 N–H and O–H groups in total. The van der Waals surface area contributed by atoms with Gasteiger partial charge in [0.15, 0.2) is 0 Å². The summed E-state index contributed by atoms with van der Waals surface area (Å²) in [7, 11) is 1.84. The van der Waals surface area contributed by atoms with Gasteiger partial charge in [0.1, 0.15) is 5.60 Å². The minimum absolute atomic E-state index is 0.175. The Morgan fingerprint density at radius 3 is 2.79 bits per heavy atom. The van der Waals surface area contributed by atoms with Crippen molar-refractivity contribution in [2.75, 3.05) is 6.54 Å². The lowest BCUT2D eigenvalue weighted by Gasteiger charge is -2.24. The number of hydrogen-bond acceptors (Lipinski definition) is 5. The summed E-state index contributed by atoms with van der Waals surface area (Å²) in [6, 6.07) is 0.175. The number of hydrogen-bond donors (Lipinski definition) is 2. The maximum Gasteiger partial charge on any atom is 0.102 e. The Labute approximate surface area is 117 Å². The standard InChI is InChI=1S/C13H20N4OS/c1-9(12-6-14-10(2)19-12)15-8-13(3,18)11-5-16-17(4)7-11/h5-7,9,15,18H,8H2,1-4H3. The zero-order valence-electron chi connectivity index (χ0n) is 11.7. The third kappa shape index (κ3) is 3.40. The Morgan fingerprint density at radius 1 is 1.53 bits per heavy atom. The van der Waals surface area contributed by atoms with Crippen LogP contribution in [0.5, 0.6) is 0 Å². The number of aryl methyl sites for hydroxylation is 2. The normalized spacial score (nSPS) is 16.3. The maximum absolute atomic E-state index is 10.5. The number of thiazole rings is 1. The first-order valence-corrected chi connectivity index (χ1v) is 7.07. The van der Waals surface area contributed by atoms with E-state index in [1.54, 1.807) is 29.1 Å². The van der Waals surface area contributed by atoms with E-state index in [1.807, 2.05) is 26.4 Å². The van der Waals surface area contributed by atoms with Gasteiger partial charge in [0.25, 0.3) is 0 Å². The summed E-state index contributed by atoms with van der Waals surface area (Å²) in [6.07, 6.45) is 5.42. The minimum atomic E-state index is -0.928. The van der Waals surface area contributed by atoms with Gasteiger partial charge in [-0.25, -0.2) is 4.98 Å². The zero-order valence-corrected chi connectivity index (χ0v) is 12.5. The van der Waals surface area contributed by atoms with E-state index < -0.39 is 5.60 Å². The van der Waals surface area contributed by atoms with E-state index in [0.717, 1.165) is 10.6 Å². The van der Waals surface area contributed by atoms with Gasteiger partial charge in [0, 0.05) is 42.5 Å². The van der Waals surface area contributed by atoms with E-state index in [1.165, 1.54) is 4.88 Å². The van der Waals surface area contributed by atoms with Gasteiger partial charge in [-0.15, -0.1) is 11.3 Å². The molecule has 0 aliphatic heterocycles. The topological polar surface area (TPSA) is 63.0 Å². The number of nitrogens with zero attached hydrogens (tertiary/aromatic N) is 3. The first kappa shape index (κ1) is 14.2. The third-order valence-electron chi connectivity index (χ3n) is 3.15. The van der Waals surface area contributed by atoms with Crippen molar-refractivity contribution in [2.45, 2.75) is 32.4 Å². The maximum atomic E-state index is 10.5. The monoisotopic (exact) mass is 280 g/mol. The zero-order chi connectivity index (χ0) is 14.0. The smallest absolute Gasteiger partial charge is 0.102 e. The van der Waals surface area contributed by atoms with Crippen LogP contribution >= 0.6 is 11.3 Å². The Balaban J connectivity index is 1.97. The first-order valence-electron chi connectivity index (χ1n) is 6.26. The van der Waals surface area contributed by atoms with Gasteiger partial charge in [0.05, 0.1) is 11.2 Å². The van der Waals surface area contributed by atoms with Gasteiger partial charge in [-0.3, -0.25) is 4.68 Å². The van der Waals surface area contributed by atoms with Crippen LogP contribution < -0.4 is 5.32 Å². The molecule has 2 rings (SSSR count). The van der Waals surface area contributed by atoms with Crippen LogP contribution in [0, 0.1) is 6.92 Å². The van der Waals surface area contributed by atoms with E-state index in [0.29, 0.717) is 6.54 Å². The van der Waals surface area contributed by atoms with Crippen LogP contribution in [0.25, 0.3) is 0 Å². The Hall–Kier alpha value is -1.24. The second-order valence-corrected chi connectivity index (χ2v) is 6.33. The molecule has 104 valence electrons. The molecule has 2 heterocycles. The minimum Gasteiger partial charge on any atom is -0.384 e. The summed E-state index contributed by atoms with van der Waals surface area (Å²) < 4.78 is 1.69. The number of nitrogens with one attached hydrogen (secondary N) is 1. The second-order valence-electron chi connectivity index (χ2n) is 5.06. The van der Waals surface area contributed by atoms with E-state index >= 15 is 0 Å². The average Bonchev–Trinajstić information content (AvgIpc) is 2.95. The molecule has 0 saturated heterocycles. The molecule has 0 aliphatic carbocycles. The van der Waals surface area contributed by atoms with Crippen molar-refractivity contribution < 1.29 is 5.11 Å². The van der Waals surface area contributed by atoms with Gasteiger partial charge in [-0.05, 0) is 20.8 Å². The molecule has 0 radical (unpaired) electrons. The summed E-state index contributed by atoms with van der Waals surface area (Å²) in [5.74, 6) is 0. The van der Waals surface area contributed by atoms with Gasteiger partial charge >= 0.3 is 0 Å². The highest BCUT2D eigenvalue weighted by molar-refractivity contribution is 7.11. The van der Waals surface area contributed by atoms with Crippen molar-refractivity contribution in [3.8, 4) is 0 Å². The van der Waals surface area contributed by atoms with Crippen LogP contribution in [0.1, 0.15) is 35.3 Å². The molecule has 5 nitrogen and oxygen atoms in total. The lowest BCUT2D eigenvalue weighted by Crippen LogP contribution is -2.36. The molecule has 0 spiro atoms. The Bertz CT molecular complexity index is 546. The molecule has 0 aliphatic rings. The molecular formula is C13H20N4OS. The average molecular weight is 280 g/mol. The van der Waals surface area contributed by atoms with Crippen molar-refractivity contribution in [2.24, 2.45) is 7.05 Å². The molecule has 2 atom stereocenters. The predicted molar refractivity (Wildman–Crippen MR) is 76.0 cm³/mol. The third-order valence-corrected chi connectivity index (χ3v) is 4.24. The second kappa shape index (κ2) is 5.40. The summed E-state index contributed by atoms with van der Waals surface area (Å²) >= 11 is 1.67. The van der Waals surface area contributed by atoms with Crippen LogP contribution in [0.3, 0.4) is 0 Å². The van der Waals surface area contributed by atoms with E-state index in [2.05, 4.69) is 22.3 Å². The summed E-state index contributed by atoms with van der Waals surface area (Å²) in [5.41, 5.74) is -0.113. The molecule has 0 aromatic carbocycles. The van der Waals surface area contributed by atoms with Gasteiger partial charge in [0.2, 0.25) is 0 Å². The highest BCUT2D eigenvalue weighted by Crippen LogP contribution is 2.23. The van der Waals surface area contributed by atoms with Gasteiger partial charge < -0.3 is 10.4 Å². The van der Waals surface area contributed by atoms with Crippen molar-refractivity contribution in [1.82, 2.24) is 20.1 Å². The van der Waals surface area contributed by atoms with Crippen LogP contribution in [-0.2, 0) is 12.6 Å². The highest BCUT2D eigenvalue weighted by Gasteiger charge is 2.25. The van der Waals surface area contributed by atoms with Crippen LogP contribution in [0.4, 0.5) is 0 Å². The predicted octanol–water partition coefficient (Wildman–Crippen LogP) is 1.74. The largest absolute Gasteiger partial charge is 0.384 e. The van der Waals surface area contributed by atoms with Crippen molar-refractivity contribution >= 4 is 11.3 Å². The molecule has 19 heavy (non-hydrogen) atoms. The fourth-order valence-corrected chi connectivity index (χ4v) is 2.64. The van der Waals surface area contributed by atoms with Crippen LogP contribution in [0.2, 0.25) is 0 Å². The molecule has 0 bridgehead atoms. The van der Waals surface area contributed by atoms with Crippen LogP contribution in [0.15, 0.2) is 18.6 Å². The fourth-order valence-electron chi connectivity index (χ4n) is 1.83. The number of aromatic nitrogens is 3. The molecule has 0 amide bonds. The van der Waals surface area contributed by atoms with E-state index in [9.17, 15) is 5.11 Å². The summed E-state index contributed by atoms with van der Waals surface area (Å²) in [6.45, 7) is 6.33. The molecule has 0 saturated carbocycles. The molecule has 2 unspecified atom stereocenters. The molecule has 6 heteroatoms. The SMILES string of the molecule is Cc1ncc(C(C)NCC(C)(O)c2cnn(C)c2)s1. The molecule has 2 aromatic rings. The Morgan fingerprint density at radius 2 is 2.26 bits per heavy atom. The summed E-state index contributed by atoms with van der Waals surface area (Å²) in [4.78, 5) is 5.43. The first-order chi connectivity index (χ1) is 8.88. The summed E-state index contributed by atoms with van der Waals surface area (Å²) in [5, 5.41) is 19.0. The van der Waals surface area contributed by atoms with Crippen molar-refractivity contribution in [1.29, 1.82) is 0 Å². The lowest BCUT2D eigenvalue weighted by molar-refractivity contribution is 0.0544. The quantitative estimate of drug-likeness (QED) is 0.876.